The zero-order valence-electron chi connectivity index (χ0n) is 23.6. The minimum Gasteiger partial charge on any atom is -0.492 e. The lowest BCUT2D eigenvalue weighted by molar-refractivity contribution is -0.139. The van der Waals surface area contributed by atoms with Crippen molar-refractivity contribution in [2.45, 2.75) is 51.6 Å². The Kier molecular flexibility index (Phi) is 11.5. The molecule has 0 heterocycles. The lowest BCUT2D eigenvalue weighted by Gasteiger charge is -2.32. The number of amides is 2. The Balaban J connectivity index is 2.11. The van der Waals surface area contributed by atoms with E-state index in [4.69, 9.17) is 27.9 Å². The first-order valence-electron chi connectivity index (χ1n) is 13.3. The van der Waals surface area contributed by atoms with E-state index in [-0.39, 0.29) is 29.6 Å². The van der Waals surface area contributed by atoms with Crippen LogP contribution in [0.3, 0.4) is 0 Å². The Labute approximate surface area is 252 Å². The fraction of sp³-hybridized carbons (Fsp3) is 0.333. The molecule has 3 rings (SSSR count). The van der Waals surface area contributed by atoms with Gasteiger partial charge in [-0.25, -0.2) is 8.42 Å². The maximum Gasteiger partial charge on any atom is 0.264 e. The molecule has 0 bridgehead atoms. The molecule has 0 fully saturated rings. The highest BCUT2D eigenvalue weighted by Crippen LogP contribution is 2.33. The zero-order valence-corrected chi connectivity index (χ0v) is 25.9. The summed E-state index contributed by atoms with van der Waals surface area (Å²) in [5.41, 5.74) is 1.53. The van der Waals surface area contributed by atoms with Crippen LogP contribution < -0.4 is 14.4 Å². The SMILES string of the molecule is CCCNC(=O)C(C)N(Cc1c(Cl)cccc1Cl)C(=O)CN(c1ccccc1OCC)S(=O)(=O)c1ccc(C)cc1. The van der Waals surface area contributed by atoms with Crippen molar-refractivity contribution in [1.29, 1.82) is 0 Å². The molecule has 0 aliphatic heterocycles. The van der Waals surface area contributed by atoms with Gasteiger partial charge in [0, 0.05) is 28.7 Å². The van der Waals surface area contributed by atoms with Crippen molar-refractivity contribution < 1.29 is 22.7 Å². The molecule has 41 heavy (non-hydrogen) atoms. The quantitative estimate of drug-likeness (QED) is 0.259. The first kappa shape index (κ1) is 32.2. The fourth-order valence-corrected chi connectivity index (χ4v) is 6.07. The van der Waals surface area contributed by atoms with Gasteiger partial charge in [0.2, 0.25) is 11.8 Å². The van der Waals surface area contributed by atoms with Gasteiger partial charge in [0.25, 0.3) is 10.0 Å². The molecule has 1 N–H and O–H groups in total. The van der Waals surface area contributed by atoms with E-state index in [0.29, 0.717) is 34.3 Å². The van der Waals surface area contributed by atoms with E-state index in [9.17, 15) is 18.0 Å². The van der Waals surface area contributed by atoms with Crippen molar-refractivity contribution >= 4 is 50.7 Å². The molecule has 0 aromatic heterocycles. The third-order valence-corrected chi connectivity index (χ3v) is 8.91. The number of nitrogens with zero attached hydrogens (tertiary/aromatic N) is 2. The number of hydrogen-bond acceptors (Lipinski definition) is 5. The third kappa shape index (κ3) is 7.93. The average Bonchev–Trinajstić information content (AvgIpc) is 2.95. The molecule has 2 amide bonds. The summed E-state index contributed by atoms with van der Waals surface area (Å²) in [6.45, 7) is 7.14. The summed E-state index contributed by atoms with van der Waals surface area (Å²) >= 11 is 12.8. The first-order chi connectivity index (χ1) is 19.5. The van der Waals surface area contributed by atoms with Crippen LogP contribution in [0, 0.1) is 6.92 Å². The van der Waals surface area contributed by atoms with E-state index in [1.807, 2.05) is 13.8 Å². The molecule has 11 heteroatoms. The Morgan fingerprint density at radius 1 is 0.951 bits per heavy atom. The van der Waals surface area contributed by atoms with Crippen LogP contribution in [0.5, 0.6) is 5.75 Å². The van der Waals surface area contributed by atoms with Gasteiger partial charge in [0.1, 0.15) is 18.3 Å². The minimum atomic E-state index is -4.24. The Morgan fingerprint density at radius 2 is 1.59 bits per heavy atom. The summed E-state index contributed by atoms with van der Waals surface area (Å²) in [6.07, 6.45) is 0.708. The molecule has 1 unspecified atom stereocenters. The number of carbonyl (C=O) groups is 2. The van der Waals surface area contributed by atoms with Crippen molar-refractivity contribution in [1.82, 2.24) is 10.2 Å². The molecule has 0 radical (unpaired) electrons. The highest BCUT2D eigenvalue weighted by atomic mass is 35.5. The second-order valence-corrected chi connectivity index (χ2v) is 12.1. The van der Waals surface area contributed by atoms with Gasteiger partial charge >= 0.3 is 0 Å². The number of nitrogens with one attached hydrogen (secondary N) is 1. The molecule has 0 spiro atoms. The summed E-state index contributed by atoms with van der Waals surface area (Å²) in [5.74, 6) is -0.707. The summed E-state index contributed by atoms with van der Waals surface area (Å²) in [5, 5.41) is 3.45. The highest BCUT2D eigenvalue weighted by molar-refractivity contribution is 7.92. The number of halogens is 2. The van der Waals surface area contributed by atoms with E-state index in [1.165, 1.54) is 17.0 Å². The second-order valence-electron chi connectivity index (χ2n) is 9.41. The van der Waals surface area contributed by atoms with Crippen LogP contribution >= 0.6 is 23.2 Å². The smallest absolute Gasteiger partial charge is 0.264 e. The summed E-state index contributed by atoms with van der Waals surface area (Å²) in [7, 11) is -4.24. The van der Waals surface area contributed by atoms with Crippen LogP contribution in [0.1, 0.15) is 38.3 Å². The molecule has 220 valence electrons. The number of para-hydroxylation sites is 2. The van der Waals surface area contributed by atoms with Gasteiger partial charge in [0.15, 0.2) is 0 Å². The summed E-state index contributed by atoms with van der Waals surface area (Å²) in [6, 6.07) is 17.0. The van der Waals surface area contributed by atoms with Crippen molar-refractivity contribution in [3.63, 3.8) is 0 Å². The van der Waals surface area contributed by atoms with Gasteiger partial charge in [-0.15, -0.1) is 0 Å². The number of sulfonamides is 1. The van der Waals surface area contributed by atoms with Crippen LogP contribution in [0.25, 0.3) is 0 Å². The van der Waals surface area contributed by atoms with Crippen LogP contribution in [0.2, 0.25) is 10.0 Å². The van der Waals surface area contributed by atoms with Crippen molar-refractivity contribution in [2.75, 3.05) is 24.0 Å². The highest BCUT2D eigenvalue weighted by Gasteiger charge is 2.34. The molecule has 3 aromatic carbocycles. The molecule has 3 aromatic rings. The number of hydrogen-bond donors (Lipinski definition) is 1. The van der Waals surface area contributed by atoms with Crippen molar-refractivity contribution in [2.24, 2.45) is 0 Å². The van der Waals surface area contributed by atoms with Crippen LogP contribution in [0.15, 0.2) is 71.6 Å². The summed E-state index contributed by atoms with van der Waals surface area (Å²) < 4.78 is 34.9. The van der Waals surface area contributed by atoms with E-state index in [2.05, 4.69) is 5.32 Å². The first-order valence-corrected chi connectivity index (χ1v) is 15.5. The second kappa shape index (κ2) is 14.6. The average molecular weight is 621 g/mol. The Morgan fingerprint density at radius 3 is 2.20 bits per heavy atom. The fourth-order valence-electron chi connectivity index (χ4n) is 4.12. The number of benzene rings is 3. The molecule has 8 nitrogen and oxygen atoms in total. The summed E-state index contributed by atoms with van der Waals surface area (Å²) in [4.78, 5) is 28.4. The molecule has 0 aliphatic carbocycles. The normalized spacial score (nSPS) is 12.0. The number of carbonyl (C=O) groups excluding carboxylic acids is 2. The van der Waals surface area contributed by atoms with E-state index in [0.717, 1.165) is 9.87 Å². The monoisotopic (exact) mass is 619 g/mol. The van der Waals surface area contributed by atoms with E-state index < -0.39 is 28.5 Å². The number of anilines is 1. The van der Waals surface area contributed by atoms with E-state index >= 15 is 0 Å². The van der Waals surface area contributed by atoms with Gasteiger partial charge in [-0.3, -0.25) is 13.9 Å². The Hall–Kier alpha value is -3.27. The van der Waals surface area contributed by atoms with Gasteiger partial charge in [-0.05, 0) is 63.6 Å². The van der Waals surface area contributed by atoms with Crippen LogP contribution in [0.4, 0.5) is 5.69 Å². The number of ether oxygens (including phenoxy) is 1. The predicted octanol–water partition coefficient (Wildman–Crippen LogP) is 5.84. The Bertz CT molecular complexity index is 1440. The van der Waals surface area contributed by atoms with Crippen molar-refractivity contribution in [3.05, 3.63) is 87.9 Å². The van der Waals surface area contributed by atoms with Gasteiger partial charge in [-0.2, -0.15) is 0 Å². The lowest BCUT2D eigenvalue weighted by Crippen LogP contribution is -2.51. The number of rotatable bonds is 13. The number of aryl methyl sites for hydroxylation is 1. The molecule has 0 saturated carbocycles. The van der Waals surface area contributed by atoms with Gasteiger partial charge < -0.3 is 15.0 Å². The minimum absolute atomic E-state index is 0.0108. The van der Waals surface area contributed by atoms with E-state index in [1.54, 1.807) is 68.4 Å². The van der Waals surface area contributed by atoms with Gasteiger partial charge in [0.05, 0.1) is 17.2 Å². The molecule has 0 aliphatic rings. The maximum atomic E-state index is 14.1. The predicted molar refractivity (Wildman–Crippen MR) is 163 cm³/mol. The molecule has 0 saturated heterocycles. The topological polar surface area (TPSA) is 96.0 Å². The van der Waals surface area contributed by atoms with Gasteiger partial charge in [-0.1, -0.05) is 66.0 Å². The molecular weight excluding hydrogens is 585 g/mol. The third-order valence-electron chi connectivity index (χ3n) is 6.43. The zero-order chi connectivity index (χ0) is 30.2. The standard InChI is InChI=1S/C30H35Cl2N3O5S/c1-5-18-33-30(37)22(4)34(19-24-25(31)10-9-11-26(24)32)29(36)20-35(27-12-7-8-13-28(27)40-6-2)41(38,39)23-16-14-21(3)15-17-23/h7-17,22H,5-6,18-20H2,1-4H3,(H,33,37). The largest absolute Gasteiger partial charge is 0.492 e. The van der Waals surface area contributed by atoms with Crippen LogP contribution in [-0.4, -0.2) is 50.9 Å². The molecular formula is C30H35Cl2N3O5S. The maximum absolute atomic E-state index is 14.1. The van der Waals surface area contributed by atoms with Crippen LogP contribution in [-0.2, 0) is 26.2 Å². The lowest BCUT2D eigenvalue weighted by atomic mass is 10.1. The van der Waals surface area contributed by atoms with Crippen molar-refractivity contribution in [3.8, 4) is 5.75 Å². The molecule has 1 atom stereocenters.